The molecule has 1 aliphatic carbocycles. The van der Waals surface area contributed by atoms with Gasteiger partial charge in [-0.1, -0.05) is 76.9 Å². The average Bonchev–Trinajstić information content (AvgIpc) is 3.15. The molecule has 5 rings (SSSR count). The van der Waals surface area contributed by atoms with Crippen LogP contribution >= 0.6 is 0 Å². The number of allylic oxidation sites excluding steroid dienone is 4. The predicted molar refractivity (Wildman–Crippen MR) is 131 cm³/mol. The third-order valence-corrected chi connectivity index (χ3v) is 10.2. The molecule has 0 spiro atoms. The van der Waals surface area contributed by atoms with E-state index in [4.69, 9.17) is 0 Å². The first kappa shape index (κ1) is 29.5. The van der Waals surface area contributed by atoms with Crippen LogP contribution in [0.4, 0.5) is 0 Å². The maximum absolute atomic E-state index is 2.99. The van der Waals surface area contributed by atoms with Crippen molar-refractivity contribution in [3.8, 4) is 0 Å². The zero-order valence-electron chi connectivity index (χ0n) is 20.2. The van der Waals surface area contributed by atoms with Crippen LogP contribution in [0.2, 0.25) is 12.1 Å². The van der Waals surface area contributed by atoms with Gasteiger partial charge >= 0.3 is 40.9 Å². The third kappa shape index (κ3) is 8.35. The van der Waals surface area contributed by atoms with Crippen molar-refractivity contribution in [1.29, 1.82) is 0 Å². The Hall–Kier alpha value is -0.530. The van der Waals surface area contributed by atoms with E-state index in [1.165, 1.54) is 32.7 Å². The fourth-order valence-corrected chi connectivity index (χ4v) is 6.60. The molecule has 0 atom stereocenters. The van der Waals surface area contributed by atoms with Crippen molar-refractivity contribution in [3.63, 3.8) is 0 Å². The van der Waals surface area contributed by atoms with Gasteiger partial charge in [-0.3, -0.25) is 6.08 Å². The Morgan fingerprint density at radius 1 is 0.812 bits per heavy atom. The minimum absolute atomic E-state index is 0. The number of hydrogen-bond donors (Lipinski definition) is 0. The molecular weight excluding hydrogens is 527 g/mol. The summed E-state index contributed by atoms with van der Waals surface area (Å²) in [5.41, 5.74) is 3.66. The Morgan fingerprint density at radius 2 is 1.25 bits per heavy atom. The Bertz CT molecular complexity index is 1020. The standard InChI is InChI=1S/C21H25.C5H5.C2H4Si.2ClH.Zr/c1-20(2,3)16-9-7-14-11-15-8-10-17(21(4,5)6)13-19(15)18(14)12-16;1-2-4-5-3-1;1-2-3-1;;;/h7-13H,1-6H3;1-3H,4H2;1-2H2;2*1H;/q2*-1;;;;+2/p-2. The molecular formula is C28H34Cl2SiZr-2. The topological polar surface area (TPSA) is 0 Å². The zero-order valence-corrected chi connectivity index (χ0v) is 25.1. The van der Waals surface area contributed by atoms with Gasteiger partial charge in [0.05, 0.1) is 0 Å². The van der Waals surface area contributed by atoms with Crippen LogP contribution in [-0.2, 0) is 34.2 Å². The molecule has 1 saturated heterocycles. The Kier molecular flexibility index (Phi) is 11.3. The molecule has 0 N–H and O–H groups in total. The molecule has 3 aromatic rings. The van der Waals surface area contributed by atoms with Crippen LogP contribution in [0.25, 0.3) is 21.5 Å². The second kappa shape index (κ2) is 12.3. The molecule has 0 amide bonds. The van der Waals surface area contributed by atoms with E-state index in [2.05, 4.69) is 96.2 Å². The van der Waals surface area contributed by atoms with Gasteiger partial charge in [-0.2, -0.15) is 6.08 Å². The molecule has 2 aliphatic rings. The molecule has 0 bridgehead atoms. The quantitative estimate of drug-likeness (QED) is 0.292. The summed E-state index contributed by atoms with van der Waals surface area (Å²) in [6.45, 7) is 13.7. The first-order chi connectivity index (χ1) is 14.1. The number of halogens is 2. The molecule has 0 radical (unpaired) electrons. The van der Waals surface area contributed by atoms with Crippen molar-refractivity contribution in [2.24, 2.45) is 0 Å². The van der Waals surface area contributed by atoms with E-state index in [9.17, 15) is 0 Å². The van der Waals surface area contributed by atoms with Gasteiger partial charge in [0.25, 0.3) is 0 Å². The van der Waals surface area contributed by atoms with Crippen LogP contribution < -0.4 is 24.8 Å². The summed E-state index contributed by atoms with van der Waals surface area (Å²) in [4.78, 5) is 0. The van der Waals surface area contributed by atoms with Crippen LogP contribution in [0.1, 0.15) is 59.1 Å². The molecule has 3 aromatic carbocycles. The van der Waals surface area contributed by atoms with E-state index in [0.29, 0.717) is 5.43 Å². The Balaban J connectivity index is 0.000000387. The summed E-state index contributed by atoms with van der Waals surface area (Å²) in [5.74, 6) is 0. The minimum atomic E-state index is 0. The molecule has 0 aromatic heterocycles. The van der Waals surface area contributed by atoms with E-state index in [-0.39, 0.29) is 35.6 Å². The van der Waals surface area contributed by atoms with Crippen molar-refractivity contribution < 1.29 is 48.1 Å². The molecule has 0 unspecified atom stereocenters. The van der Waals surface area contributed by atoms with Gasteiger partial charge in [0.1, 0.15) is 0 Å². The molecule has 0 saturated carbocycles. The molecule has 1 fully saturated rings. The maximum atomic E-state index is 2.99. The number of rotatable bonds is 0. The van der Waals surface area contributed by atoms with Gasteiger partial charge in [-0.15, -0.1) is 46.2 Å². The van der Waals surface area contributed by atoms with Gasteiger partial charge in [0.2, 0.25) is 0 Å². The van der Waals surface area contributed by atoms with E-state index in [0.717, 1.165) is 6.42 Å². The fourth-order valence-electron chi connectivity index (χ4n) is 3.33. The summed E-state index contributed by atoms with van der Waals surface area (Å²) in [7, 11) is 0. The average molecular weight is 561 g/mol. The second-order valence-corrected chi connectivity index (χ2v) is 17.8. The molecule has 32 heavy (non-hydrogen) atoms. The normalized spacial score (nSPS) is 14.2. The van der Waals surface area contributed by atoms with Crippen LogP contribution in [0, 0.1) is 6.08 Å². The zero-order chi connectivity index (χ0) is 21.9. The van der Waals surface area contributed by atoms with E-state index < -0.39 is 0 Å². The van der Waals surface area contributed by atoms with Crippen LogP contribution in [-0.4, -0.2) is 5.43 Å². The van der Waals surface area contributed by atoms with Gasteiger partial charge in [-0.25, -0.2) is 12.2 Å². The van der Waals surface area contributed by atoms with Gasteiger partial charge < -0.3 is 24.8 Å². The van der Waals surface area contributed by atoms with Crippen molar-refractivity contribution >= 4 is 27.0 Å². The van der Waals surface area contributed by atoms with Gasteiger partial charge in [0, 0.05) is 0 Å². The molecule has 1 aliphatic heterocycles. The first-order valence-electron chi connectivity index (χ1n) is 11.0. The summed E-state index contributed by atoms with van der Waals surface area (Å²) in [5, 5.41) is 5.49. The molecule has 4 heteroatoms. The molecule has 1 heterocycles. The van der Waals surface area contributed by atoms with Gasteiger partial charge in [-0.05, 0) is 10.8 Å². The third-order valence-electron chi connectivity index (χ3n) is 5.53. The number of fused-ring (bicyclic) bond motifs is 3. The second-order valence-electron chi connectivity index (χ2n) is 10.4. The molecule has 0 nitrogen and oxygen atoms in total. The van der Waals surface area contributed by atoms with Gasteiger partial charge in [0.15, 0.2) is 0 Å². The summed E-state index contributed by atoms with van der Waals surface area (Å²) in [6, 6.07) is 19.4. The van der Waals surface area contributed by atoms with Crippen molar-refractivity contribution in [2.75, 3.05) is 0 Å². The Labute approximate surface area is 222 Å². The number of benzene rings is 2. The fraction of sp³-hybridized carbons (Fsp3) is 0.393. The number of hydrogen-bond acceptors (Lipinski definition) is 0. The predicted octanol–water partition coefficient (Wildman–Crippen LogP) is 2.16. The summed E-state index contributed by atoms with van der Waals surface area (Å²) < 4.78 is 0. The van der Waals surface area contributed by atoms with E-state index >= 15 is 0 Å². The van der Waals surface area contributed by atoms with Crippen LogP contribution in [0.15, 0.2) is 60.7 Å². The summed E-state index contributed by atoms with van der Waals surface area (Å²) >= 11 is 1.85. The van der Waals surface area contributed by atoms with Crippen LogP contribution in [0.5, 0.6) is 0 Å². The Morgan fingerprint density at radius 3 is 1.50 bits per heavy atom. The summed E-state index contributed by atoms with van der Waals surface area (Å²) in [6.07, 6.45) is 10.0. The monoisotopic (exact) mass is 558 g/mol. The van der Waals surface area contributed by atoms with E-state index in [1.54, 1.807) is 12.1 Å². The van der Waals surface area contributed by atoms with Crippen molar-refractivity contribution in [2.45, 2.75) is 70.9 Å². The van der Waals surface area contributed by atoms with Crippen molar-refractivity contribution in [3.05, 3.63) is 77.9 Å². The van der Waals surface area contributed by atoms with Crippen molar-refractivity contribution in [1.82, 2.24) is 0 Å². The van der Waals surface area contributed by atoms with Crippen LogP contribution in [0.3, 0.4) is 0 Å². The SMILES string of the molecule is CC(C)(C)c1ccc2[cH-]c3ccc(C(C)(C)C)cc3c2c1.[C-]1=CC=CC1.[Cl-].[Cl-].[Zr+2]=[Si]1CC1. The molecule has 170 valence electrons. The first-order valence-corrected chi connectivity index (χ1v) is 16.6. The van der Waals surface area contributed by atoms with E-state index in [1.807, 2.05) is 35.5 Å².